The first kappa shape index (κ1) is 24.3. The third-order valence-electron chi connectivity index (χ3n) is 5.77. The van der Waals surface area contributed by atoms with Crippen LogP contribution in [0.2, 0.25) is 0 Å². The van der Waals surface area contributed by atoms with Crippen LogP contribution in [0.15, 0.2) is 74.7 Å². The Labute approximate surface area is 221 Å². The van der Waals surface area contributed by atoms with Crippen molar-refractivity contribution in [2.75, 3.05) is 7.11 Å². The summed E-state index contributed by atoms with van der Waals surface area (Å²) >= 11 is 4.93. The molecule has 0 saturated heterocycles. The third-order valence-corrected chi connectivity index (χ3v) is 7.33. The van der Waals surface area contributed by atoms with Crippen molar-refractivity contribution in [3.8, 4) is 11.5 Å². The normalized spacial score (nSPS) is 16.3. The van der Waals surface area contributed by atoms with Crippen LogP contribution in [0.1, 0.15) is 30.9 Å². The van der Waals surface area contributed by atoms with Crippen LogP contribution in [-0.4, -0.2) is 34.1 Å². The minimum atomic E-state index is -0.460. The van der Waals surface area contributed by atoms with Gasteiger partial charge in [0.25, 0.3) is 5.91 Å². The van der Waals surface area contributed by atoms with E-state index in [1.54, 1.807) is 19.3 Å². The molecule has 2 aliphatic heterocycles. The van der Waals surface area contributed by atoms with Crippen LogP contribution in [0.5, 0.6) is 11.5 Å². The second kappa shape index (κ2) is 10.3. The number of amidine groups is 2. The molecule has 2 heterocycles. The lowest BCUT2D eigenvalue weighted by Gasteiger charge is -2.20. The van der Waals surface area contributed by atoms with Crippen molar-refractivity contribution in [2.24, 2.45) is 10.1 Å². The maximum atomic E-state index is 12.7. The summed E-state index contributed by atoms with van der Waals surface area (Å²) in [4.78, 5) is 16.9. The molecule has 1 N–H and O–H groups in total. The lowest BCUT2D eigenvalue weighted by atomic mass is 10.1. The number of hydrazone groups is 1. The first-order valence-electron chi connectivity index (χ1n) is 11.4. The van der Waals surface area contributed by atoms with Crippen LogP contribution < -0.4 is 9.47 Å². The van der Waals surface area contributed by atoms with Gasteiger partial charge in [0.15, 0.2) is 17.3 Å². The Morgan fingerprint density at radius 3 is 2.78 bits per heavy atom. The largest absolute Gasteiger partial charge is 0.493 e. The van der Waals surface area contributed by atoms with Crippen molar-refractivity contribution in [3.05, 3.63) is 75.8 Å². The molecule has 0 radical (unpaired) electrons. The number of nitrogens with one attached hydrogen (secondary N) is 1. The molecule has 0 aliphatic carbocycles. The minimum absolute atomic E-state index is 0.00924. The molecule has 3 aromatic rings. The fourth-order valence-electron chi connectivity index (χ4n) is 4.04. The van der Waals surface area contributed by atoms with E-state index in [4.69, 9.17) is 14.9 Å². The van der Waals surface area contributed by atoms with Gasteiger partial charge in [-0.15, -0.1) is 0 Å². The standard InChI is InChI=1S/C27H23BrN4O3S/c1-3-7-23-31-32-25(29)20(26(33)30-27(32)36-23)12-16-13-21(28)24(22(14-16)34-2)35-15-18-10-6-9-17-8-4-5-11-19(17)18/h4-6,8-14,29H,3,7,15H2,1-2H3/b20-12-,29-25?. The lowest BCUT2D eigenvalue weighted by molar-refractivity contribution is -0.114. The SMILES string of the molecule is CCCC1=NN2C(=N)/C(=C/c3cc(Br)c(OCc4cccc5ccccc45)c(OC)c3)C(=O)N=C2S1. The molecular weight excluding hydrogens is 540 g/mol. The van der Waals surface area contributed by atoms with Crippen LogP contribution in [-0.2, 0) is 11.4 Å². The van der Waals surface area contributed by atoms with Crippen molar-refractivity contribution in [2.45, 2.75) is 26.4 Å². The van der Waals surface area contributed by atoms with Crippen molar-refractivity contribution in [1.29, 1.82) is 5.41 Å². The third kappa shape index (κ3) is 4.68. The number of amides is 1. The predicted molar refractivity (Wildman–Crippen MR) is 149 cm³/mol. The van der Waals surface area contributed by atoms with E-state index >= 15 is 0 Å². The van der Waals surface area contributed by atoms with Crippen LogP contribution >= 0.6 is 27.7 Å². The first-order valence-corrected chi connectivity index (χ1v) is 13.1. The van der Waals surface area contributed by atoms with Gasteiger partial charge < -0.3 is 9.47 Å². The highest BCUT2D eigenvalue weighted by Gasteiger charge is 2.35. The summed E-state index contributed by atoms with van der Waals surface area (Å²) in [6, 6.07) is 17.9. The Hall–Kier alpha value is -3.43. The molecule has 0 saturated carbocycles. The van der Waals surface area contributed by atoms with Gasteiger partial charge in [0, 0.05) is 0 Å². The molecule has 9 heteroatoms. The van der Waals surface area contributed by atoms with Gasteiger partial charge in [-0.05, 0) is 80.6 Å². The number of hydrogen-bond donors (Lipinski definition) is 1. The van der Waals surface area contributed by atoms with E-state index in [-0.39, 0.29) is 11.4 Å². The number of carbonyl (C=O) groups is 1. The lowest BCUT2D eigenvalue weighted by Crippen LogP contribution is -2.35. The number of carbonyl (C=O) groups excluding carboxylic acids is 1. The maximum absolute atomic E-state index is 12.7. The summed E-state index contributed by atoms with van der Waals surface area (Å²) in [6.07, 6.45) is 3.34. The number of ether oxygens (including phenoxy) is 2. The van der Waals surface area contributed by atoms with E-state index in [1.165, 1.54) is 16.8 Å². The number of aliphatic imine (C=N–C) groups is 1. The second-order valence-electron chi connectivity index (χ2n) is 8.22. The van der Waals surface area contributed by atoms with Gasteiger partial charge >= 0.3 is 0 Å². The molecule has 0 aromatic heterocycles. The predicted octanol–water partition coefficient (Wildman–Crippen LogP) is 6.61. The number of fused-ring (bicyclic) bond motifs is 2. The second-order valence-corrected chi connectivity index (χ2v) is 10.1. The van der Waals surface area contributed by atoms with Crippen molar-refractivity contribution in [3.63, 3.8) is 0 Å². The molecule has 182 valence electrons. The zero-order valence-electron chi connectivity index (χ0n) is 19.7. The summed E-state index contributed by atoms with van der Waals surface area (Å²) in [5.74, 6) is 0.617. The van der Waals surface area contributed by atoms with Crippen LogP contribution in [0.3, 0.4) is 0 Å². The van der Waals surface area contributed by atoms with E-state index in [2.05, 4.69) is 51.1 Å². The quantitative estimate of drug-likeness (QED) is 0.327. The van der Waals surface area contributed by atoms with Crippen molar-refractivity contribution < 1.29 is 14.3 Å². The molecule has 0 unspecified atom stereocenters. The number of halogens is 1. The van der Waals surface area contributed by atoms with E-state index < -0.39 is 5.91 Å². The fraction of sp³-hybridized carbons (Fsp3) is 0.185. The Kier molecular flexibility index (Phi) is 6.93. The Balaban J connectivity index is 1.42. The summed E-state index contributed by atoms with van der Waals surface area (Å²) < 4.78 is 12.5. The summed E-state index contributed by atoms with van der Waals surface area (Å²) in [5.41, 5.74) is 1.90. The van der Waals surface area contributed by atoms with Gasteiger partial charge in [0.05, 0.1) is 17.2 Å². The Morgan fingerprint density at radius 1 is 1.17 bits per heavy atom. The van der Waals surface area contributed by atoms with E-state index in [0.717, 1.165) is 34.2 Å². The highest BCUT2D eigenvalue weighted by atomic mass is 79.9. The number of hydrogen-bond acceptors (Lipinski definition) is 6. The number of thioether (sulfide) groups is 1. The Morgan fingerprint density at radius 2 is 1.97 bits per heavy atom. The number of methoxy groups -OCH3 is 1. The molecule has 3 aromatic carbocycles. The zero-order valence-corrected chi connectivity index (χ0v) is 22.1. The molecule has 0 fully saturated rings. The van der Waals surface area contributed by atoms with E-state index in [0.29, 0.717) is 33.3 Å². The summed E-state index contributed by atoms with van der Waals surface area (Å²) in [7, 11) is 1.57. The molecule has 0 atom stereocenters. The zero-order chi connectivity index (χ0) is 25.2. The van der Waals surface area contributed by atoms with Crippen LogP contribution in [0.4, 0.5) is 0 Å². The maximum Gasteiger partial charge on any atom is 0.283 e. The Bertz CT molecular complexity index is 1480. The number of rotatable bonds is 7. The molecule has 2 aliphatic rings. The van der Waals surface area contributed by atoms with Crippen molar-refractivity contribution in [1.82, 2.24) is 5.01 Å². The van der Waals surface area contributed by atoms with Gasteiger partial charge in [-0.3, -0.25) is 10.2 Å². The monoisotopic (exact) mass is 562 g/mol. The number of benzene rings is 3. The van der Waals surface area contributed by atoms with Gasteiger partial charge in [-0.25, -0.2) is 0 Å². The molecule has 0 bridgehead atoms. The van der Waals surface area contributed by atoms with Crippen LogP contribution in [0.25, 0.3) is 16.8 Å². The average molecular weight is 563 g/mol. The fourth-order valence-corrected chi connectivity index (χ4v) is 5.61. The summed E-state index contributed by atoms with van der Waals surface area (Å²) in [6.45, 7) is 2.42. The summed E-state index contributed by atoms with van der Waals surface area (Å²) in [5, 5.41) is 18.0. The van der Waals surface area contributed by atoms with Crippen LogP contribution in [0, 0.1) is 5.41 Å². The first-order chi connectivity index (χ1) is 17.5. The topological polar surface area (TPSA) is 87.3 Å². The highest BCUT2D eigenvalue weighted by molar-refractivity contribution is 9.10. The van der Waals surface area contributed by atoms with Gasteiger partial charge in [0.2, 0.25) is 5.17 Å². The highest BCUT2D eigenvalue weighted by Crippen LogP contribution is 2.39. The molecule has 5 rings (SSSR count). The molecule has 1 amide bonds. The minimum Gasteiger partial charge on any atom is -0.493 e. The molecule has 36 heavy (non-hydrogen) atoms. The molecular formula is C27H23BrN4O3S. The number of nitrogens with zero attached hydrogens (tertiary/aromatic N) is 3. The smallest absolute Gasteiger partial charge is 0.283 e. The van der Waals surface area contributed by atoms with Gasteiger partial charge in [-0.1, -0.05) is 49.4 Å². The molecule has 0 spiro atoms. The van der Waals surface area contributed by atoms with Crippen molar-refractivity contribution >= 4 is 66.5 Å². The molecule has 7 nitrogen and oxygen atoms in total. The van der Waals surface area contributed by atoms with E-state index in [1.807, 2.05) is 30.3 Å². The van der Waals surface area contributed by atoms with Gasteiger partial charge in [-0.2, -0.15) is 15.1 Å². The van der Waals surface area contributed by atoms with Gasteiger partial charge in [0.1, 0.15) is 11.7 Å². The van der Waals surface area contributed by atoms with E-state index in [9.17, 15) is 4.79 Å². The average Bonchev–Trinajstić information content (AvgIpc) is 3.28.